The Labute approximate surface area is 134 Å². The van der Waals surface area contributed by atoms with E-state index < -0.39 is 0 Å². The first-order valence-electron chi connectivity index (χ1n) is 6.66. The van der Waals surface area contributed by atoms with Gasteiger partial charge in [0.1, 0.15) is 4.88 Å². The van der Waals surface area contributed by atoms with E-state index in [0.29, 0.717) is 20.9 Å². The van der Waals surface area contributed by atoms with Gasteiger partial charge >= 0.3 is 0 Å². The predicted molar refractivity (Wildman–Crippen MR) is 88.9 cm³/mol. The lowest BCUT2D eigenvalue weighted by Gasteiger charge is -1.99. The van der Waals surface area contributed by atoms with E-state index in [1.807, 2.05) is 29.6 Å². The van der Waals surface area contributed by atoms with Crippen LogP contribution in [0.15, 0.2) is 29.6 Å². The molecule has 4 rings (SSSR count). The zero-order chi connectivity index (χ0) is 14.4. The van der Waals surface area contributed by atoms with Gasteiger partial charge in [-0.2, -0.15) is 0 Å². The summed E-state index contributed by atoms with van der Waals surface area (Å²) in [7, 11) is 0. The summed E-state index contributed by atoms with van der Waals surface area (Å²) in [4.78, 5) is 17.4. The lowest BCUT2D eigenvalue weighted by atomic mass is 10.2. The number of hydrogen-bond acceptors (Lipinski definition) is 4. The molecule has 1 aromatic carbocycles. The molecule has 3 nitrogen and oxygen atoms in total. The summed E-state index contributed by atoms with van der Waals surface area (Å²) in [6, 6.07) is 7.77. The van der Waals surface area contributed by atoms with Crippen LogP contribution in [0.25, 0.3) is 10.1 Å². The highest BCUT2D eigenvalue weighted by molar-refractivity contribution is 7.21. The largest absolute Gasteiger partial charge is 0.297 e. The van der Waals surface area contributed by atoms with Crippen molar-refractivity contribution in [3.63, 3.8) is 0 Å². The molecule has 1 N–H and O–H groups in total. The number of nitrogens with one attached hydrogen (secondary N) is 1. The first-order valence-corrected chi connectivity index (χ1v) is 8.73. The van der Waals surface area contributed by atoms with Gasteiger partial charge in [0.15, 0.2) is 5.13 Å². The number of rotatable bonds is 3. The molecule has 0 bridgehead atoms. The van der Waals surface area contributed by atoms with Crippen LogP contribution in [-0.4, -0.2) is 10.9 Å². The van der Waals surface area contributed by atoms with Crippen LogP contribution in [0.5, 0.6) is 0 Å². The summed E-state index contributed by atoms with van der Waals surface area (Å²) in [5.41, 5.74) is 1.10. The Morgan fingerprint density at radius 1 is 1.33 bits per heavy atom. The van der Waals surface area contributed by atoms with Crippen molar-refractivity contribution in [3.8, 4) is 0 Å². The molecule has 0 saturated heterocycles. The van der Waals surface area contributed by atoms with Crippen LogP contribution in [0.3, 0.4) is 0 Å². The maximum Gasteiger partial charge on any atom is 0.269 e. The standard InChI is InChI=1S/C15H11ClN2OS2/c16-12-9-3-1-2-4-11(9)21-13(12)14(19)18-15-17-10(7-20-15)8-5-6-8/h1-4,7-8H,5-6H2,(H,17,18,19). The average molecular weight is 335 g/mol. The van der Waals surface area contributed by atoms with Crippen molar-refractivity contribution in [2.75, 3.05) is 5.32 Å². The normalized spacial score (nSPS) is 14.5. The molecule has 1 saturated carbocycles. The predicted octanol–water partition coefficient (Wildman–Crippen LogP) is 5.14. The second kappa shape index (κ2) is 5.09. The minimum Gasteiger partial charge on any atom is -0.297 e. The van der Waals surface area contributed by atoms with E-state index in [1.54, 1.807) is 0 Å². The van der Waals surface area contributed by atoms with E-state index in [-0.39, 0.29) is 5.91 Å². The molecule has 0 atom stereocenters. The molecular formula is C15H11ClN2OS2. The molecule has 1 aliphatic carbocycles. The summed E-state index contributed by atoms with van der Waals surface area (Å²) in [5, 5.41) is 6.98. The van der Waals surface area contributed by atoms with Gasteiger partial charge in [0.25, 0.3) is 5.91 Å². The van der Waals surface area contributed by atoms with Gasteiger partial charge in [0.2, 0.25) is 0 Å². The molecule has 0 spiro atoms. The summed E-state index contributed by atoms with van der Waals surface area (Å²) in [6.45, 7) is 0. The molecule has 1 amide bonds. The van der Waals surface area contributed by atoms with Crippen LogP contribution >= 0.6 is 34.3 Å². The number of benzene rings is 1. The summed E-state index contributed by atoms with van der Waals surface area (Å²) in [5.74, 6) is 0.415. The van der Waals surface area contributed by atoms with E-state index in [1.165, 1.54) is 35.5 Å². The second-order valence-corrected chi connectivity index (χ2v) is 7.34. The number of hydrogen-bond donors (Lipinski definition) is 1. The smallest absolute Gasteiger partial charge is 0.269 e. The van der Waals surface area contributed by atoms with Gasteiger partial charge < -0.3 is 0 Å². The van der Waals surface area contributed by atoms with Gasteiger partial charge in [-0.3, -0.25) is 10.1 Å². The van der Waals surface area contributed by atoms with Crippen LogP contribution in [0.1, 0.15) is 34.1 Å². The molecule has 6 heteroatoms. The van der Waals surface area contributed by atoms with Gasteiger partial charge in [-0.1, -0.05) is 29.8 Å². The fourth-order valence-electron chi connectivity index (χ4n) is 2.22. The quantitative estimate of drug-likeness (QED) is 0.720. The van der Waals surface area contributed by atoms with Crippen molar-refractivity contribution < 1.29 is 4.79 Å². The molecule has 0 radical (unpaired) electrons. The second-order valence-electron chi connectivity index (χ2n) is 5.05. The number of halogens is 1. The van der Waals surface area contributed by atoms with Crippen molar-refractivity contribution in [1.82, 2.24) is 4.98 Å². The van der Waals surface area contributed by atoms with E-state index >= 15 is 0 Å². The third-order valence-electron chi connectivity index (χ3n) is 3.48. The maximum absolute atomic E-state index is 12.4. The van der Waals surface area contributed by atoms with Crippen LogP contribution in [-0.2, 0) is 0 Å². The highest BCUT2D eigenvalue weighted by Crippen LogP contribution is 2.41. The van der Waals surface area contributed by atoms with Gasteiger partial charge in [-0.25, -0.2) is 4.98 Å². The number of carbonyl (C=O) groups excluding carboxylic acids is 1. The third kappa shape index (κ3) is 2.46. The van der Waals surface area contributed by atoms with E-state index in [0.717, 1.165) is 15.8 Å². The zero-order valence-corrected chi connectivity index (χ0v) is 13.3. The summed E-state index contributed by atoms with van der Waals surface area (Å²) in [6.07, 6.45) is 2.42. The molecule has 0 aliphatic heterocycles. The van der Waals surface area contributed by atoms with E-state index in [4.69, 9.17) is 11.6 Å². The van der Waals surface area contributed by atoms with Crippen molar-refractivity contribution in [1.29, 1.82) is 0 Å². The molecular weight excluding hydrogens is 324 g/mol. The van der Waals surface area contributed by atoms with Gasteiger partial charge in [-0.15, -0.1) is 22.7 Å². The van der Waals surface area contributed by atoms with Gasteiger partial charge in [0, 0.05) is 21.4 Å². The molecule has 21 heavy (non-hydrogen) atoms. The van der Waals surface area contributed by atoms with E-state index in [9.17, 15) is 4.79 Å². The Morgan fingerprint density at radius 3 is 2.90 bits per heavy atom. The topological polar surface area (TPSA) is 42.0 Å². The summed E-state index contributed by atoms with van der Waals surface area (Å²) < 4.78 is 1.02. The first-order chi connectivity index (χ1) is 10.2. The average Bonchev–Trinajstić information content (AvgIpc) is 3.15. The molecule has 1 aliphatic rings. The molecule has 0 unspecified atom stereocenters. The van der Waals surface area contributed by atoms with Crippen LogP contribution < -0.4 is 5.32 Å². The van der Waals surface area contributed by atoms with Crippen molar-refractivity contribution in [3.05, 3.63) is 45.2 Å². The lowest BCUT2D eigenvalue weighted by molar-refractivity contribution is 0.103. The Hall–Kier alpha value is -1.43. The number of amides is 1. The Morgan fingerprint density at radius 2 is 2.14 bits per heavy atom. The third-order valence-corrected chi connectivity index (χ3v) is 5.93. The molecule has 3 aromatic rings. The zero-order valence-electron chi connectivity index (χ0n) is 10.9. The number of thiazole rings is 1. The summed E-state index contributed by atoms with van der Waals surface area (Å²) >= 11 is 9.20. The fraction of sp³-hybridized carbons (Fsp3) is 0.200. The Bertz CT molecular complexity index is 835. The number of anilines is 1. The van der Waals surface area contributed by atoms with E-state index in [2.05, 4.69) is 10.3 Å². The SMILES string of the molecule is O=C(Nc1nc(C2CC2)cs1)c1sc2ccccc2c1Cl. The van der Waals surface area contributed by atoms with Crippen LogP contribution in [0, 0.1) is 0 Å². The molecule has 2 heterocycles. The minimum absolute atomic E-state index is 0.183. The molecule has 1 fully saturated rings. The highest BCUT2D eigenvalue weighted by Gasteiger charge is 2.26. The fourth-order valence-corrected chi connectivity index (χ4v) is 4.42. The van der Waals surface area contributed by atoms with Gasteiger partial charge in [0.05, 0.1) is 10.7 Å². The monoisotopic (exact) mass is 334 g/mol. The molecule has 2 aromatic heterocycles. The highest BCUT2D eigenvalue weighted by atomic mass is 35.5. The number of aromatic nitrogens is 1. The van der Waals surface area contributed by atoms with Crippen LogP contribution in [0.4, 0.5) is 5.13 Å². The Balaban J connectivity index is 1.61. The molecule has 106 valence electrons. The van der Waals surface area contributed by atoms with Gasteiger partial charge in [-0.05, 0) is 18.9 Å². The first kappa shape index (κ1) is 13.2. The maximum atomic E-state index is 12.4. The minimum atomic E-state index is -0.183. The number of carbonyl (C=O) groups is 1. The van der Waals surface area contributed by atoms with Crippen molar-refractivity contribution in [2.24, 2.45) is 0 Å². The number of thiophene rings is 1. The lowest BCUT2D eigenvalue weighted by Crippen LogP contribution is -2.10. The van der Waals surface area contributed by atoms with Crippen molar-refractivity contribution >= 4 is 55.4 Å². The Kier molecular flexibility index (Phi) is 3.21. The van der Waals surface area contributed by atoms with Crippen molar-refractivity contribution in [2.45, 2.75) is 18.8 Å². The van der Waals surface area contributed by atoms with Crippen LogP contribution in [0.2, 0.25) is 5.02 Å². The number of fused-ring (bicyclic) bond motifs is 1. The number of nitrogens with zero attached hydrogens (tertiary/aromatic N) is 1.